The number of terminal acetylenes is 1. The van der Waals surface area contributed by atoms with Crippen molar-refractivity contribution in [3.63, 3.8) is 0 Å². The van der Waals surface area contributed by atoms with Crippen LogP contribution in [0.3, 0.4) is 0 Å². The van der Waals surface area contributed by atoms with Crippen molar-refractivity contribution in [1.29, 1.82) is 0 Å². The van der Waals surface area contributed by atoms with Gasteiger partial charge in [0.05, 0.1) is 11.4 Å². The van der Waals surface area contributed by atoms with E-state index in [1.165, 1.54) is 0 Å². The molecular weight excluding hydrogens is 398 g/mol. The summed E-state index contributed by atoms with van der Waals surface area (Å²) in [4.78, 5) is 15.7. The fourth-order valence-corrected chi connectivity index (χ4v) is 3.09. The Morgan fingerprint density at radius 3 is 2.79 bits per heavy atom. The molecule has 0 aliphatic heterocycles. The van der Waals surface area contributed by atoms with Crippen LogP contribution in [0, 0.1) is 12.3 Å². The molecule has 1 amide bonds. The lowest BCUT2D eigenvalue weighted by Gasteiger charge is -2.07. The molecule has 0 fully saturated rings. The van der Waals surface area contributed by atoms with E-state index in [0.29, 0.717) is 6.54 Å². The molecular formula is C23H33N3OS2. The lowest BCUT2D eigenvalue weighted by atomic mass is 10.1. The van der Waals surface area contributed by atoms with E-state index in [1.54, 1.807) is 17.4 Å². The van der Waals surface area contributed by atoms with Crippen molar-refractivity contribution in [2.24, 2.45) is 0 Å². The van der Waals surface area contributed by atoms with Crippen LogP contribution in [0.25, 0.3) is 5.57 Å². The van der Waals surface area contributed by atoms with Crippen LogP contribution in [0.15, 0.2) is 48.0 Å². The molecule has 4 nitrogen and oxygen atoms in total. The van der Waals surface area contributed by atoms with Gasteiger partial charge in [-0.2, -0.15) is 12.6 Å². The summed E-state index contributed by atoms with van der Waals surface area (Å²) < 4.78 is 0. The number of hydrogen-bond donors (Lipinski definition) is 3. The molecule has 0 aliphatic rings. The average molecular weight is 432 g/mol. The van der Waals surface area contributed by atoms with Gasteiger partial charge in [0, 0.05) is 23.2 Å². The van der Waals surface area contributed by atoms with Gasteiger partial charge in [-0.3, -0.25) is 4.79 Å². The number of hydrogen-bond acceptors (Lipinski definition) is 5. The normalized spacial score (nSPS) is 11.1. The number of nitrogens with one attached hydrogen (secondary N) is 2. The van der Waals surface area contributed by atoms with E-state index in [2.05, 4.69) is 40.7 Å². The van der Waals surface area contributed by atoms with E-state index in [0.717, 1.165) is 47.8 Å². The predicted octanol–water partition coefficient (Wildman–Crippen LogP) is 5.85. The number of carbonyl (C=O) groups is 1. The van der Waals surface area contributed by atoms with Crippen molar-refractivity contribution in [3.05, 3.63) is 53.7 Å². The van der Waals surface area contributed by atoms with Crippen molar-refractivity contribution in [1.82, 2.24) is 10.3 Å². The lowest BCUT2D eigenvalue weighted by Crippen LogP contribution is -2.25. The third kappa shape index (κ3) is 12.8. The van der Waals surface area contributed by atoms with Crippen molar-refractivity contribution in [2.45, 2.75) is 46.5 Å². The van der Waals surface area contributed by atoms with E-state index in [9.17, 15) is 4.79 Å². The zero-order valence-corrected chi connectivity index (χ0v) is 19.4. The van der Waals surface area contributed by atoms with E-state index in [1.807, 2.05) is 50.5 Å². The summed E-state index contributed by atoms with van der Waals surface area (Å²) in [6.07, 6.45) is 18.5. The number of thiazole rings is 1. The highest BCUT2D eigenvalue weighted by Gasteiger charge is 2.06. The van der Waals surface area contributed by atoms with Gasteiger partial charge in [-0.25, -0.2) is 4.98 Å². The Labute approximate surface area is 185 Å². The summed E-state index contributed by atoms with van der Waals surface area (Å²) in [6, 6.07) is 0. The van der Waals surface area contributed by atoms with Crippen LogP contribution >= 0.6 is 24.0 Å². The van der Waals surface area contributed by atoms with Crippen LogP contribution in [-0.2, 0) is 4.79 Å². The fourth-order valence-electron chi connectivity index (χ4n) is 2.21. The van der Waals surface area contributed by atoms with E-state index >= 15 is 0 Å². The second-order valence-corrected chi connectivity index (χ2v) is 6.91. The zero-order chi connectivity index (χ0) is 21.9. The standard InChI is InChI=1S/C21H27N3OS2.C2H6/c1-4-6-8-13-18(11-5-2)19-16-27-21(24-19)23-17(3)12-9-7-10-14-22-20(25)15-26;1-2/h1,5-6,8,11,13,16,26H,3,7,9-10,12,14-15H2,2H3,(H,22,25)(H,23,24);1-2H3/b8-6+,11-5-,18-13+;. The van der Waals surface area contributed by atoms with E-state index in [-0.39, 0.29) is 11.7 Å². The van der Waals surface area contributed by atoms with Gasteiger partial charge in [0.1, 0.15) is 0 Å². The smallest absolute Gasteiger partial charge is 0.229 e. The van der Waals surface area contributed by atoms with Crippen molar-refractivity contribution < 1.29 is 4.79 Å². The Hall–Kier alpha value is -2.23. The number of aromatic nitrogens is 1. The first-order valence-electron chi connectivity index (χ1n) is 9.84. The largest absolute Gasteiger partial charge is 0.355 e. The number of thiol groups is 1. The first-order chi connectivity index (χ1) is 14.1. The molecule has 0 saturated carbocycles. The second kappa shape index (κ2) is 17.8. The molecule has 158 valence electrons. The van der Waals surface area contributed by atoms with Gasteiger partial charge in [0.2, 0.25) is 5.91 Å². The van der Waals surface area contributed by atoms with Crippen LogP contribution in [0.2, 0.25) is 0 Å². The highest BCUT2D eigenvalue weighted by molar-refractivity contribution is 7.81. The third-order valence-electron chi connectivity index (χ3n) is 3.52. The molecule has 0 spiro atoms. The minimum absolute atomic E-state index is 0.0231. The maximum atomic E-state index is 11.1. The van der Waals surface area contributed by atoms with Gasteiger partial charge < -0.3 is 10.6 Å². The SMILES string of the molecule is C#C/C=C/C=C(\C=C/C)c1csc(NC(=C)CCCCCNC(=O)CS)n1.CC. The number of anilines is 1. The minimum Gasteiger partial charge on any atom is -0.355 e. The van der Waals surface area contributed by atoms with Gasteiger partial charge in [-0.05, 0) is 32.3 Å². The molecule has 2 N–H and O–H groups in total. The number of unbranched alkanes of at least 4 members (excludes halogenated alkanes) is 2. The first-order valence-corrected chi connectivity index (χ1v) is 11.4. The zero-order valence-electron chi connectivity index (χ0n) is 17.7. The monoisotopic (exact) mass is 431 g/mol. The molecule has 0 saturated heterocycles. The maximum absolute atomic E-state index is 11.1. The number of amides is 1. The molecule has 6 heteroatoms. The molecule has 0 aliphatic carbocycles. The fraction of sp³-hybridized carbons (Fsp3) is 0.391. The van der Waals surface area contributed by atoms with E-state index in [4.69, 9.17) is 6.42 Å². The van der Waals surface area contributed by atoms with Gasteiger partial charge in [0.25, 0.3) is 0 Å². The number of carbonyl (C=O) groups excluding carboxylic acids is 1. The summed E-state index contributed by atoms with van der Waals surface area (Å²) in [5.41, 5.74) is 2.84. The van der Waals surface area contributed by atoms with Crippen LogP contribution < -0.4 is 10.6 Å². The summed E-state index contributed by atoms with van der Waals surface area (Å²) >= 11 is 5.47. The van der Waals surface area contributed by atoms with Gasteiger partial charge in [-0.1, -0.05) is 57.1 Å². The highest BCUT2D eigenvalue weighted by Crippen LogP contribution is 2.24. The van der Waals surface area contributed by atoms with Crippen molar-refractivity contribution in [2.75, 3.05) is 17.6 Å². The molecule has 29 heavy (non-hydrogen) atoms. The Morgan fingerprint density at radius 2 is 2.14 bits per heavy atom. The molecule has 0 atom stereocenters. The molecule has 1 aromatic heterocycles. The van der Waals surface area contributed by atoms with Gasteiger partial charge in [-0.15, -0.1) is 17.8 Å². The minimum atomic E-state index is -0.0231. The maximum Gasteiger partial charge on any atom is 0.229 e. The highest BCUT2D eigenvalue weighted by atomic mass is 32.1. The number of rotatable bonds is 12. The second-order valence-electron chi connectivity index (χ2n) is 5.73. The molecule has 0 aromatic carbocycles. The van der Waals surface area contributed by atoms with Crippen LogP contribution in [0.1, 0.15) is 52.1 Å². The summed E-state index contributed by atoms with van der Waals surface area (Å²) in [5.74, 6) is 2.69. The molecule has 1 aromatic rings. The number of nitrogens with zero attached hydrogens (tertiary/aromatic N) is 1. The van der Waals surface area contributed by atoms with Crippen molar-refractivity contribution >= 4 is 40.6 Å². The lowest BCUT2D eigenvalue weighted by molar-refractivity contribution is -0.118. The molecule has 0 bridgehead atoms. The number of allylic oxidation sites excluding steroid dienone is 7. The topological polar surface area (TPSA) is 54.0 Å². The van der Waals surface area contributed by atoms with Gasteiger partial charge >= 0.3 is 0 Å². The molecule has 1 rings (SSSR count). The molecule has 1 heterocycles. The average Bonchev–Trinajstić information content (AvgIpc) is 3.19. The molecule has 0 unspecified atom stereocenters. The van der Waals surface area contributed by atoms with Crippen LogP contribution in [0.4, 0.5) is 5.13 Å². The Kier molecular flexibility index (Phi) is 16.5. The summed E-state index contributed by atoms with van der Waals surface area (Å²) in [5, 5.41) is 8.93. The predicted molar refractivity (Wildman–Crippen MR) is 132 cm³/mol. The third-order valence-corrected chi connectivity index (χ3v) is 4.56. The van der Waals surface area contributed by atoms with E-state index < -0.39 is 0 Å². The Morgan fingerprint density at radius 1 is 1.38 bits per heavy atom. The summed E-state index contributed by atoms with van der Waals surface area (Å²) in [6.45, 7) is 10.7. The first kappa shape index (κ1) is 26.8. The van der Waals surface area contributed by atoms with Crippen LogP contribution in [0.5, 0.6) is 0 Å². The summed E-state index contributed by atoms with van der Waals surface area (Å²) in [7, 11) is 0. The van der Waals surface area contributed by atoms with Gasteiger partial charge in [0.15, 0.2) is 5.13 Å². The quantitative estimate of drug-likeness (QED) is 0.168. The molecule has 0 radical (unpaired) electrons. The Bertz CT molecular complexity index is 740. The van der Waals surface area contributed by atoms with Crippen LogP contribution in [-0.4, -0.2) is 23.2 Å². The van der Waals surface area contributed by atoms with Crippen molar-refractivity contribution in [3.8, 4) is 12.3 Å². The Balaban J connectivity index is 0.00000379.